The Hall–Kier alpha value is -0.850. The first-order valence-electron chi connectivity index (χ1n) is 4.16. The number of rotatable bonds is 3. The molecule has 0 aliphatic heterocycles. The quantitative estimate of drug-likeness (QED) is 0.642. The highest BCUT2D eigenvalue weighted by molar-refractivity contribution is 5.20. The van der Waals surface area contributed by atoms with E-state index in [9.17, 15) is 0 Å². The zero-order valence-electron chi connectivity index (χ0n) is 7.22. The molecule has 0 amide bonds. The number of pyridine rings is 1. The van der Waals surface area contributed by atoms with Crippen LogP contribution in [0, 0.1) is 13.1 Å². The summed E-state index contributed by atoms with van der Waals surface area (Å²) in [4.78, 5) is 3.97. The molecule has 1 aromatic rings. The van der Waals surface area contributed by atoms with Crippen molar-refractivity contribution in [3.63, 3.8) is 0 Å². The van der Waals surface area contributed by atoms with E-state index >= 15 is 0 Å². The fraction of sp³-hybridized carbons (Fsp3) is 0.500. The molecule has 0 aliphatic carbocycles. The molecule has 1 heterocycles. The molecule has 0 spiro atoms. The van der Waals surface area contributed by atoms with E-state index in [0.29, 0.717) is 0 Å². The van der Waals surface area contributed by atoms with Gasteiger partial charge in [-0.15, -0.1) is 0 Å². The van der Waals surface area contributed by atoms with Gasteiger partial charge in [0.25, 0.3) is 0 Å². The largest absolute Gasteiger partial charge is 0.254 e. The molecule has 0 atom stereocenters. The lowest BCUT2D eigenvalue weighted by Gasteiger charge is -2.01. The SMILES string of the molecule is CCCCc1[c]nccc1C. The predicted octanol–water partition coefficient (Wildman–Crippen LogP) is 2.53. The van der Waals surface area contributed by atoms with E-state index in [1.807, 2.05) is 6.07 Å². The third kappa shape index (κ3) is 2.34. The highest BCUT2D eigenvalue weighted by Crippen LogP contribution is 2.07. The standard InChI is InChI=1S/C10H14N/c1-3-4-5-10-8-11-7-6-9(10)2/h6-7H,3-5H2,1-2H3. The Morgan fingerprint density at radius 1 is 1.55 bits per heavy atom. The molecule has 0 aliphatic rings. The van der Waals surface area contributed by atoms with Crippen molar-refractivity contribution in [2.24, 2.45) is 0 Å². The average Bonchev–Trinajstić information content (AvgIpc) is 2.03. The second-order valence-corrected chi connectivity index (χ2v) is 2.82. The highest BCUT2D eigenvalue weighted by atomic mass is 14.6. The molecular weight excluding hydrogens is 134 g/mol. The molecule has 0 unspecified atom stereocenters. The molecular formula is C10H14N. The Kier molecular flexibility index (Phi) is 3.09. The molecule has 0 N–H and O–H groups in total. The topological polar surface area (TPSA) is 12.9 Å². The van der Waals surface area contributed by atoms with Gasteiger partial charge in [0.1, 0.15) is 0 Å². The van der Waals surface area contributed by atoms with Gasteiger partial charge in [-0.2, -0.15) is 0 Å². The van der Waals surface area contributed by atoms with E-state index in [2.05, 4.69) is 25.0 Å². The first-order chi connectivity index (χ1) is 5.34. The van der Waals surface area contributed by atoms with Gasteiger partial charge in [-0.1, -0.05) is 13.3 Å². The van der Waals surface area contributed by atoms with Crippen LogP contribution in [0.4, 0.5) is 0 Å². The molecule has 11 heavy (non-hydrogen) atoms. The van der Waals surface area contributed by atoms with Crippen molar-refractivity contribution in [3.8, 4) is 0 Å². The summed E-state index contributed by atoms with van der Waals surface area (Å²) in [5, 5.41) is 0. The second-order valence-electron chi connectivity index (χ2n) is 2.82. The van der Waals surface area contributed by atoms with Crippen molar-refractivity contribution in [1.82, 2.24) is 4.98 Å². The fourth-order valence-electron chi connectivity index (χ4n) is 1.06. The number of unbranched alkanes of at least 4 members (excludes halogenated alkanes) is 1. The van der Waals surface area contributed by atoms with Crippen molar-refractivity contribution in [3.05, 3.63) is 29.6 Å². The number of aromatic nitrogens is 1. The Labute approximate surface area is 68.5 Å². The van der Waals surface area contributed by atoms with Crippen molar-refractivity contribution in [1.29, 1.82) is 0 Å². The first-order valence-corrected chi connectivity index (χ1v) is 4.16. The summed E-state index contributed by atoms with van der Waals surface area (Å²) in [5.41, 5.74) is 2.59. The van der Waals surface area contributed by atoms with Crippen LogP contribution in [0.1, 0.15) is 30.9 Å². The minimum absolute atomic E-state index is 1.12. The summed E-state index contributed by atoms with van der Waals surface area (Å²) in [6, 6.07) is 2.04. The van der Waals surface area contributed by atoms with Gasteiger partial charge >= 0.3 is 0 Å². The van der Waals surface area contributed by atoms with Gasteiger partial charge < -0.3 is 0 Å². The van der Waals surface area contributed by atoms with Gasteiger partial charge in [0.15, 0.2) is 0 Å². The minimum atomic E-state index is 1.12. The average molecular weight is 148 g/mol. The predicted molar refractivity (Wildman–Crippen MR) is 46.4 cm³/mol. The molecule has 1 radical (unpaired) electrons. The van der Waals surface area contributed by atoms with E-state index in [1.54, 1.807) is 6.20 Å². The van der Waals surface area contributed by atoms with Gasteiger partial charge in [-0.05, 0) is 37.0 Å². The van der Waals surface area contributed by atoms with Crippen molar-refractivity contribution >= 4 is 0 Å². The van der Waals surface area contributed by atoms with Gasteiger partial charge in [-0.25, -0.2) is 0 Å². The lowest BCUT2D eigenvalue weighted by Crippen LogP contribution is -1.90. The summed E-state index contributed by atoms with van der Waals surface area (Å²) < 4.78 is 0. The van der Waals surface area contributed by atoms with E-state index in [1.165, 1.54) is 24.0 Å². The summed E-state index contributed by atoms with van der Waals surface area (Å²) in [7, 11) is 0. The highest BCUT2D eigenvalue weighted by Gasteiger charge is 1.95. The summed E-state index contributed by atoms with van der Waals surface area (Å²) >= 11 is 0. The van der Waals surface area contributed by atoms with Crippen LogP contribution in [0.3, 0.4) is 0 Å². The molecule has 1 nitrogen and oxygen atoms in total. The normalized spacial score (nSPS) is 10.0. The summed E-state index contributed by atoms with van der Waals surface area (Å²) in [6.45, 7) is 4.31. The Morgan fingerprint density at radius 2 is 2.36 bits per heavy atom. The maximum absolute atomic E-state index is 3.97. The molecule has 0 saturated carbocycles. The Morgan fingerprint density at radius 3 is 3.00 bits per heavy atom. The number of hydrogen-bond donors (Lipinski definition) is 0. The van der Waals surface area contributed by atoms with Crippen molar-refractivity contribution < 1.29 is 0 Å². The monoisotopic (exact) mass is 148 g/mol. The van der Waals surface area contributed by atoms with E-state index in [4.69, 9.17) is 0 Å². The van der Waals surface area contributed by atoms with Crippen LogP contribution in [0.5, 0.6) is 0 Å². The van der Waals surface area contributed by atoms with Crippen LogP contribution in [-0.4, -0.2) is 4.98 Å². The van der Waals surface area contributed by atoms with Gasteiger partial charge in [0.2, 0.25) is 0 Å². The van der Waals surface area contributed by atoms with Crippen LogP contribution in [0.15, 0.2) is 12.3 Å². The van der Waals surface area contributed by atoms with Crippen LogP contribution in [0.2, 0.25) is 0 Å². The molecule has 0 fully saturated rings. The van der Waals surface area contributed by atoms with E-state index in [0.717, 1.165) is 6.42 Å². The van der Waals surface area contributed by atoms with Crippen molar-refractivity contribution in [2.75, 3.05) is 0 Å². The van der Waals surface area contributed by atoms with Crippen LogP contribution in [0.25, 0.3) is 0 Å². The molecule has 0 saturated heterocycles. The molecule has 1 aromatic heterocycles. The maximum Gasteiger partial charge on any atom is 0.0923 e. The zero-order valence-corrected chi connectivity index (χ0v) is 7.22. The van der Waals surface area contributed by atoms with Crippen LogP contribution >= 0.6 is 0 Å². The molecule has 1 rings (SSSR count). The van der Waals surface area contributed by atoms with E-state index < -0.39 is 0 Å². The Bertz CT molecular complexity index is 218. The van der Waals surface area contributed by atoms with E-state index in [-0.39, 0.29) is 0 Å². The van der Waals surface area contributed by atoms with Gasteiger partial charge in [0, 0.05) is 6.20 Å². The number of aryl methyl sites for hydroxylation is 2. The second kappa shape index (κ2) is 4.12. The molecule has 0 aromatic carbocycles. The number of nitrogens with zero attached hydrogens (tertiary/aromatic N) is 1. The summed E-state index contributed by atoms with van der Waals surface area (Å²) in [6.07, 6.45) is 8.42. The lowest BCUT2D eigenvalue weighted by molar-refractivity contribution is 0.787. The summed E-state index contributed by atoms with van der Waals surface area (Å²) in [5.74, 6) is 0. The molecule has 1 heteroatoms. The van der Waals surface area contributed by atoms with Crippen molar-refractivity contribution in [2.45, 2.75) is 33.1 Å². The van der Waals surface area contributed by atoms with Crippen LogP contribution < -0.4 is 0 Å². The molecule has 0 bridgehead atoms. The zero-order chi connectivity index (χ0) is 8.10. The first kappa shape index (κ1) is 8.25. The Balaban J connectivity index is 2.62. The van der Waals surface area contributed by atoms with Gasteiger partial charge in [0.05, 0.1) is 6.20 Å². The lowest BCUT2D eigenvalue weighted by atomic mass is 10.1. The third-order valence-corrected chi connectivity index (χ3v) is 1.85. The van der Waals surface area contributed by atoms with Gasteiger partial charge in [-0.3, -0.25) is 4.98 Å². The third-order valence-electron chi connectivity index (χ3n) is 1.85. The number of hydrogen-bond acceptors (Lipinski definition) is 1. The molecule has 59 valence electrons. The minimum Gasteiger partial charge on any atom is -0.254 e. The fourth-order valence-corrected chi connectivity index (χ4v) is 1.06. The maximum atomic E-state index is 3.97. The van der Waals surface area contributed by atoms with Crippen LogP contribution in [-0.2, 0) is 6.42 Å². The smallest absolute Gasteiger partial charge is 0.0923 e.